The lowest BCUT2D eigenvalue weighted by molar-refractivity contribution is -0.115. The number of amides is 1. The number of aryl methyl sites for hydroxylation is 2. The first-order chi connectivity index (χ1) is 14.5. The van der Waals surface area contributed by atoms with Crippen LogP contribution in [0.25, 0.3) is 11.6 Å². The van der Waals surface area contributed by atoms with E-state index in [4.69, 9.17) is 4.42 Å². The van der Waals surface area contributed by atoms with Gasteiger partial charge in [-0.05, 0) is 54.8 Å². The van der Waals surface area contributed by atoms with Crippen LogP contribution in [-0.2, 0) is 11.8 Å². The number of nitrogens with one attached hydrogen (secondary N) is 1. The van der Waals surface area contributed by atoms with Crippen molar-refractivity contribution in [2.75, 3.05) is 5.32 Å². The summed E-state index contributed by atoms with van der Waals surface area (Å²) in [5, 5.41) is 11.7. The molecule has 0 fully saturated rings. The van der Waals surface area contributed by atoms with E-state index in [0.29, 0.717) is 16.7 Å². The van der Waals surface area contributed by atoms with Gasteiger partial charge in [0.15, 0.2) is 16.7 Å². The van der Waals surface area contributed by atoms with Gasteiger partial charge >= 0.3 is 0 Å². The van der Waals surface area contributed by atoms with Crippen molar-refractivity contribution in [3.05, 3.63) is 83.6 Å². The molecule has 1 amide bonds. The Morgan fingerprint density at radius 1 is 1.03 bits per heavy atom. The standard InChI is InChI=1S/C23H22N4O2S/c1-15-12-16(2)14-18(13-15)24-22(28)20(17-8-5-4-6-9-17)30-23-26-25-21(27(23)3)19-10-7-11-29-19/h4-14,20H,1-3H3,(H,24,28)/t20-/m1/s1. The van der Waals surface area contributed by atoms with Crippen molar-refractivity contribution in [3.8, 4) is 11.6 Å². The predicted molar refractivity (Wildman–Crippen MR) is 118 cm³/mol. The second-order valence-electron chi connectivity index (χ2n) is 7.12. The largest absolute Gasteiger partial charge is 0.461 e. The molecule has 152 valence electrons. The number of rotatable bonds is 6. The first-order valence-corrected chi connectivity index (χ1v) is 10.4. The second kappa shape index (κ2) is 8.59. The quantitative estimate of drug-likeness (QED) is 0.438. The highest BCUT2D eigenvalue weighted by Crippen LogP contribution is 2.36. The lowest BCUT2D eigenvalue weighted by Crippen LogP contribution is -2.19. The van der Waals surface area contributed by atoms with E-state index in [2.05, 4.69) is 21.6 Å². The van der Waals surface area contributed by atoms with Gasteiger partial charge in [0.05, 0.1) is 6.26 Å². The number of hydrogen-bond acceptors (Lipinski definition) is 5. The van der Waals surface area contributed by atoms with Crippen LogP contribution in [0.4, 0.5) is 5.69 Å². The second-order valence-corrected chi connectivity index (χ2v) is 8.19. The summed E-state index contributed by atoms with van der Waals surface area (Å²) in [6, 6.07) is 19.3. The molecular weight excluding hydrogens is 396 g/mol. The van der Waals surface area contributed by atoms with Crippen LogP contribution >= 0.6 is 11.8 Å². The van der Waals surface area contributed by atoms with E-state index in [1.54, 1.807) is 12.3 Å². The fourth-order valence-electron chi connectivity index (χ4n) is 3.30. The average molecular weight is 419 g/mol. The van der Waals surface area contributed by atoms with E-state index >= 15 is 0 Å². The van der Waals surface area contributed by atoms with Crippen LogP contribution in [0.15, 0.2) is 76.5 Å². The summed E-state index contributed by atoms with van der Waals surface area (Å²) >= 11 is 1.36. The van der Waals surface area contributed by atoms with Gasteiger partial charge in [-0.3, -0.25) is 4.79 Å². The fraction of sp³-hybridized carbons (Fsp3) is 0.174. The van der Waals surface area contributed by atoms with Crippen LogP contribution in [0.5, 0.6) is 0 Å². The molecule has 6 nitrogen and oxygen atoms in total. The minimum Gasteiger partial charge on any atom is -0.461 e. The molecule has 0 aliphatic heterocycles. The van der Waals surface area contributed by atoms with Gasteiger partial charge in [0, 0.05) is 12.7 Å². The molecule has 4 aromatic rings. The molecule has 0 spiro atoms. The minimum atomic E-state index is -0.487. The van der Waals surface area contributed by atoms with Crippen LogP contribution in [0.1, 0.15) is 21.9 Å². The normalized spacial score (nSPS) is 12.0. The number of benzene rings is 2. The van der Waals surface area contributed by atoms with Gasteiger partial charge in [-0.1, -0.05) is 48.2 Å². The van der Waals surface area contributed by atoms with Crippen LogP contribution < -0.4 is 5.32 Å². The maximum Gasteiger partial charge on any atom is 0.242 e. The Bertz CT molecular complexity index is 1130. The molecule has 2 aromatic carbocycles. The van der Waals surface area contributed by atoms with E-state index in [0.717, 1.165) is 22.4 Å². The molecule has 0 aliphatic rings. The fourth-order valence-corrected chi connectivity index (χ4v) is 4.30. The van der Waals surface area contributed by atoms with Crippen molar-refractivity contribution in [1.29, 1.82) is 0 Å². The first kappa shape index (κ1) is 20.0. The van der Waals surface area contributed by atoms with Crippen molar-refractivity contribution in [2.45, 2.75) is 24.3 Å². The maximum absolute atomic E-state index is 13.3. The predicted octanol–water partition coefficient (Wildman–Crippen LogP) is 5.16. The van der Waals surface area contributed by atoms with Crippen molar-refractivity contribution in [2.24, 2.45) is 7.05 Å². The van der Waals surface area contributed by atoms with E-state index in [1.807, 2.05) is 74.0 Å². The number of nitrogens with zero attached hydrogens (tertiary/aromatic N) is 3. The molecule has 2 aromatic heterocycles. The Morgan fingerprint density at radius 3 is 2.43 bits per heavy atom. The number of thioether (sulfide) groups is 1. The third-order valence-electron chi connectivity index (χ3n) is 4.63. The molecule has 4 rings (SSSR count). The number of furan rings is 1. The summed E-state index contributed by atoms with van der Waals surface area (Å²) in [7, 11) is 1.87. The zero-order valence-corrected chi connectivity index (χ0v) is 17.8. The van der Waals surface area contributed by atoms with Crippen molar-refractivity contribution < 1.29 is 9.21 Å². The molecule has 0 bridgehead atoms. The zero-order chi connectivity index (χ0) is 21.1. The molecule has 1 atom stereocenters. The molecule has 0 unspecified atom stereocenters. The summed E-state index contributed by atoms with van der Waals surface area (Å²) in [5.41, 5.74) is 3.89. The molecule has 7 heteroatoms. The van der Waals surface area contributed by atoms with Crippen molar-refractivity contribution in [3.63, 3.8) is 0 Å². The Hall–Kier alpha value is -3.32. The zero-order valence-electron chi connectivity index (χ0n) is 17.0. The highest BCUT2D eigenvalue weighted by Gasteiger charge is 2.26. The molecule has 0 radical (unpaired) electrons. The molecule has 2 heterocycles. The first-order valence-electron chi connectivity index (χ1n) is 9.55. The Kier molecular flexibility index (Phi) is 5.72. The Labute approximate surface area is 179 Å². The summed E-state index contributed by atoms with van der Waals surface area (Å²) in [5.74, 6) is 1.13. The topological polar surface area (TPSA) is 73.0 Å². The molecule has 0 saturated carbocycles. The van der Waals surface area contributed by atoms with E-state index < -0.39 is 5.25 Å². The summed E-state index contributed by atoms with van der Waals surface area (Å²) in [6.07, 6.45) is 1.60. The van der Waals surface area contributed by atoms with Gasteiger partial charge in [0.1, 0.15) is 5.25 Å². The highest BCUT2D eigenvalue weighted by molar-refractivity contribution is 8.00. The maximum atomic E-state index is 13.3. The summed E-state index contributed by atoms with van der Waals surface area (Å²) in [4.78, 5) is 13.3. The third-order valence-corrected chi connectivity index (χ3v) is 5.92. The molecule has 30 heavy (non-hydrogen) atoms. The van der Waals surface area contributed by atoms with Crippen LogP contribution in [0.2, 0.25) is 0 Å². The van der Waals surface area contributed by atoms with E-state index in [1.165, 1.54) is 11.8 Å². The van der Waals surface area contributed by atoms with E-state index in [9.17, 15) is 4.79 Å². The third kappa shape index (κ3) is 4.31. The van der Waals surface area contributed by atoms with Crippen molar-refractivity contribution >= 4 is 23.4 Å². The van der Waals surface area contributed by atoms with Gasteiger partial charge < -0.3 is 14.3 Å². The number of aromatic nitrogens is 3. The smallest absolute Gasteiger partial charge is 0.242 e. The van der Waals surface area contributed by atoms with Crippen molar-refractivity contribution in [1.82, 2.24) is 14.8 Å². The minimum absolute atomic E-state index is 0.112. The molecular formula is C23H22N4O2S. The van der Waals surface area contributed by atoms with Gasteiger partial charge in [-0.25, -0.2) is 0 Å². The number of carbonyl (C=O) groups is 1. The van der Waals surface area contributed by atoms with Gasteiger partial charge in [-0.2, -0.15) is 0 Å². The molecule has 0 saturated heterocycles. The molecule has 0 aliphatic carbocycles. The van der Waals surface area contributed by atoms with Gasteiger partial charge in [0.2, 0.25) is 5.91 Å². The number of anilines is 1. The monoisotopic (exact) mass is 418 g/mol. The number of carbonyl (C=O) groups excluding carboxylic acids is 1. The summed E-state index contributed by atoms with van der Waals surface area (Å²) < 4.78 is 7.28. The van der Waals surface area contributed by atoms with Crippen LogP contribution in [0.3, 0.4) is 0 Å². The average Bonchev–Trinajstić information content (AvgIpc) is 3.36. The lowest BCUT2D eigenvalue weighted by atomic mass is 10.1. The SMILES string of the molecule is Cc1cc(C)cc(NC(=O)[C@H](Sc2nnc(-c3ccco3)n2C)c2ccccc2)c1. The Balaban J connectivity index is 1.63. The summed E-state index contributed by atoms with van der Waals surface area (Å²) in [6.45, 7) is 4.03. The molecule has 1 N–H and O–H groups in total. The van der Waals surface area contributed by atoms with Crippen LogP contribution in [0, 0.1) is 13.8 Å². The van der Waals surface area contributed by atoms with E-state index in [-0.39, 0.29) is 5.91 Å². The van der Waals surface area contributed by atoms with Gasteiger partial charge in [0.25, 0.3) is 0 Å². The van der Waals surface area contributed by atoms with Gasteiger partial charge in [-0.15, -0.1) is 10.2 Å². The number of hydrogen-bond donors (Lipinski definition) is 1. The Morgan fingerprint density at radius 2 is 1.77 bits per heavy atom. The highest BCUT2D eigenvalue weighted by atomic mass is 32.2. The van der Waals surface area contributed by atoms with Crippen LogP contribution in [-0.4, -0.2) is 20.7 Å². The lowest BCUT2D eigenvalue weighted by Gasteiger charge is -2.17.